The summed E-state index contributed by atoms with van der Waals surface area (Å²) in [5, 5.41) is 3.32. The second kappa shape index (κ2) is 5.34. The number of sulfone groups is 1. The fourth-order valence-electron chi connectivity index (χ4n) is 2.54. The van der Waals surface area contributed by atoms with E-state index in [0.717, 1.165) is 17.7 Å². The number of hydrogen-bond donors (Lipinski definition) is 1. The zero-order valence-corrected chi connectivity index (χ0v) is 11.8. The van der Waals surface area contributed by atoms with Crippen LogP contribution >= 0.6 is 0 Å². The molecule has 1 aliphatic heterocycles. The van der Waals surface area contributed by atoms with Gasteiger partial charge in [0.15, 0.2) is 9.84 Å². The maximum absolute atomic E-state index is 12.0. The SMILES string of the molecule is O=S1(=O)CC(NCCc2ccccn2)c2ccccc21. The van der Waals surface area contributed by atoms with E-state index in [4.69, 9.17) is 0 Å². The lowest BCUT2D eigenvalue weighted by molar-refractivity contribution is 0.566. The molecule has 20 heavy (non-hydrogen) atoms. The van der Waals surface area contributed by atoms with Gasteiger partial charge in [-0.3, -0.25) is 4.98 Å². The molecule has 4 nitrogen and oxygen atoms in total. The van der Waals surface area contributed by atoms with Gasteiger partial charge in [0, 0.05) is 30.9 Å². The van der Waals surface area contributed by atoms with Crippen LogP contribution in [-0.2, 0) is 16.3 Å². The highest BCUT2D eigenvalue weighted by atomic mass is 32.2. The van der Waals surface area contributed by atoms with Gasteiger partial charge in [-0.25, -0.2) is 8.42 Å². The number of nitrogens with one attached hydrogen (secondary N) is 1. The van der Waals surface area contributed by atoms with Crippen LogP contribution < -0.4 is 5.32 Å². The predicted molar refractivity (Wildman–Crippen MR) is 77.2 cm³/mol. The first-order valence-electron chi connectivity index (χ1n) is 6.62. The van der Waals surface area contributed by atoms with Crippen molar-refractivity contribution in [2.45, 2.75) is 17.4 Å². The standard InChI is InChI=1S/C15H16N2O2S/c18-20(19)11-14(13-6-1-2-7-15(13)20)17-10-8-12-5-3-4-9-16-12/h1-7,9,14,17H,8,10-11H2. The normalized spacial score (nSPS) is 19.7. The molecule has 1 unspecified atom stereocenters. The summed E-state index contributed by atoms with van der Waals surface area (Å²) in [5.74, 6) is 0.147. The summed E-state index contributed by atoms with van der Waals surface area (Å²) in [7, 11) is -3.13. The molecule has 1 aromatic heterocycles. The molecule has 0 radical (unpaired) electrons. The fraction of sp³-hybridized carbons (Fsp3) is 0.267. The molecule has 0 bridgehead atoms. The molecule has 0 saturated heterocycles. The van der Waals surface area contributed by atoms with Crippen LogP contribution in [0.5, 0.6) is 0 Å². The van der Waals surface area contributed by atoms with Crippen molar-refractivity contribution in [2.75, 3.05) is 12.3 Å². The number of hydrogen-bond acceptors (Lipinski definition) is 4. The van der Waals surface area contributed by atoms with Crippen LogP contribution in [0.15, 0.2) is 53.6 Å². The number of fused-ring (bicyclic) bond motifs is 1. The van der Waals surface area contributed by atoms with Crippen molar-refractivity contribution in [3.63, 3.8) is 0 Å². The van der Waals surface area contributed by atoms with E-state index in [1.165, 1.54) is 0 Å². The Balaban J connectivity index is 1.68. The minimum atomic E-state index is -3.13. The molecule has 104 valence electrons. The van der Waals surface area contributed by atoms with Crippen molar-refractivity contribution < 1.29 is 8.42 Å². The van der Waals surface area contributed by atoms with Gasteiger partial charge in [0.1, 0.15) is 0 Å². The van der Waals surface area contributed by atoms with Gasteiger partial charge in [0.25, 0.3) is 0 Å². The Morgan fingerprint density at radius 1 is 1.15 bits per heavy atom. The van der Waals surface area contributed by atoms with E-state index in [9.17, 15) is 8.42 Å². The molecule has 1 aromatic carbocycles. The van der Waals surface area contributed by atoms with Crippen molar-refractivity contribution in [3.8, 4) is 0 Å². The molecular formula is C15H16N2O2S. The second-order valence-corrected chi connectivity index (χ2v) is 6.90. The highest BCUT2D eigenvalue weighted by Gasteiger charge is 2.33. The zero-order valence-electron chi connectivity index (χ0n) is 11.0. The molecule has 2 aromatic rings. The molecule has 1 aliphatic rings. The lowest BCUT2D eigenvalue weighted by Gasteiger charge is -2.12. The lowest BCUT2D eigenvalue weighted by Crippen LogP contribution is -2.25. The summed E-state index contributed by atoms with van der Waals surface area (Å²) in [5.41, 5.74) is 1.89. The molecule has 0 saturated carbocycles. The van der Waals surface area contributed by atoms with Crippen molar-refractivity contribution in [2.24, 2.45) is 0 Å². The molecular weight excluding hydrogens is 272 g/mol. The van der Waals surface area contributed by atoms with Crippen LogP contribution in [0.1, 0.15) is 17.3 Å². The third-order valence-electron chi connectivity index (χ3n) is 3.51. The van der Waals surface area contributed by atoms with Crippen LogP contribution in [0.3, 0.4) is 0 Å². The summed E-state index contributed by atoms with van der Waals surface area (Å²) in [6.07, 6.45) is 2.56. The van der Waals surface area contributed by atoms with E-state index < -0.39 is 9.84 Å². The van der Waals surface area contributed by atoms with Crippen LogP contribution in [0.25, 0.3) is 0 Å². The summed E-state index contributed by atoms with van der Waals surface area (Å²) in [6.45, 7) is 0.714. The molecule has 0 amide bonds. The van der Waals surface area contributed by atoms with Crippen LogP contribution in [0.4, 0.5) is 0 Å². The third kappa shape index (κ3) is 2.59. The average Bonchev–Trinajstić information content (AvgIpc) is 2.72. The predicted octanol–water partition coefficient (Wildman–Crippen LogP) is 1.74. The molecule has 2 heterocycles. The second-order valence-electron chi connectivity index (χ2n) is 4.90. The highest BCUT2D eigenvalue weighted by Crippen LogP contribution is 2.32. The van der Waals surface area contributed by atoms with Gasteiger partial charge in [-0.2, -0.15) is 0 Å². The Kier molecular flexibility index (Phi) is 3.54. The zero-order chi connectivity index (χ0) is 14.0. The molecule has 0 fully saturated rings. The Morgan fingerprint density at radius 3 is 2.75 bits per heavy atom. The fourth-order valence-corrected chi connectivity index (χ4v) is 4.31. The Morgan fingerprint density at radius 2 is 1.95 bits per heavy atom. The molecule has 0 aliphatic carbocycles. The molecule has 1 N–H and O–H groups in total. The minimum Gasteiger partial charge on any atom is -0.309 e. The lowest BCUT2D eigenvalue weighted by atomic mass is 10.1. The first-order chi connectivity index (χ1) is 9.67. The maximum Gasteiger partial charge on any atom is 0.180 e. The third-order valence-corrected chi connectivity index (χ3v) is 5.33. The smallest absolute Gasteiger partial charge is 0.180 e. The molecule has 5 heteroatoms. The van der Waals surface area contributed by atoms with E-state index in [0.29, 0.717) is 11.4 Å². The van der Waals surface area contributed by atoms with E-state index in [1.807, 2.05) is 30.3 Å². The first-order valence-corrected chi connectivity index (χ1v) is 8.27. The van der Waals surface area contributed by atoms with Gasteiger partial charge in [-0.05, 0) is 23.8 Å². The van der Waals surface area contributed by atoms with Gasteiger partial charge in [0.05, 0.1) is 10.6 Å². The average molecular weight is 288 g/mol. The monoisotopic (exact) mass is 288 g/mol. The Hall–Kier alpha value is -1.72. The van der Waals surface area contributed by atoms with Crippen LogP contribution in [-0.4, -0.2) is 25.7 Å². The van der Waals surface area contributed by atoms with Gasteiger partial charge in [0.2, 0.25) is 0 Å². The quantitative estimate of drug-likeness (QED) is 0.931. The number of rotatable bonds is 4. The van der Waals surface area contributed by atoms with Gasteiger partial charge in [-0.15, -0.1) is 0 Å². The Labute approximate surface area is 118 Å². The van der Waals surface area contributed by atoms with Crippen molar-refractivity contribution in [3.05, 3.63) is 59.9 Å². The number of pyridine rings is 1. The van der Waals surface area contributed by atoms with E-state index in [2.05, 4.69) is 10.3 Å². The topological polar surface area (TPSA) is 59.1 Å². The van der Waals surface area contributed by atoms with Crippen LogP contribution in [0.2, 0.25) is 0 Å². The van der Waals surface area contributed by atoms with Gasteiger partial charge >= 0.3 is 0 Å². The van der Waals surface area contributed by atoms with Crippen molar-refractivity contribution >= 4 is 9.84 Å². The van der Waals surface area contributed by atoms with Gasteiger partial charge in [-0.1, -0.05) is 24.3 Å². The van der Waals surface area contributed by atoms with E-state index in [-0.39, 0.29) is 11.8 Å². The first kappa shape index (κ1) is 13.3. The summed E-state index contributed by atoms with van der Waals surface area (Å²) < 4.78 is 24.1. The summed E-state index contributed by atoms with van der Waals surface area (Å²) in [4.78, 5) is 4.73. The van der Waals surface area contributed by atoms with Gasteiger partial charge < -0.3 is 5.32 Å². The number of aromatic nitrogens is 1. The highest BCUT2D eigenvalue weighted by molar-refractivity contribution is 7.91. The van der Waals surface area contributed by atoms with Crippen molar-refractivity contribution in [1.82, 2.24) is 10.3 Å². The maximum atomic E-state index is 12.0. The summed E-state index contributed by atoms with van der Waals surface area (Å²) >= 11 is 0. The number of nitrogens with zero attached hydrogens (tertiary/aromatic N) is 1. The Bertz CT molecular complexity index is 699. The molecule has 1 atom stereocenters. The molecule has 0 spiro atoms. The van der Waals surface area contributed by atoms with E-state index in [1.54, 1.807) is 18.3 Å². The van der Waals surface area contributed by atoms with Crippen LogP contribution in [0, 0.1) is 0 Å². The van der Waals surface area contributed by atoms with Crippen molar-refractivity contribution in [1.29, 1.82) is 0 Å². The largest absolute Gasteiger partial charge is 0.309 e. The summed E-state index contributed by atoms with van der Waals surface area (Å²) in [6, 6.07) is 12.9. The minimum absolute atomic E-state index is 0.111. The van der Waals surface area contributed by atoms with E-state index >= 15 is 0 Å². The molecule has 3 rings (SSSR count). The number of benzene rings is 1.